The zero-order chi connectivity index (χ0) is 25.5. The molecule has 0 spiro atoms. The van der Waals surface area contributed by atoms with Crippen LogP contribution in [-0.2, 0) is 37.1 Å². The number of nitrogens with one attached hydrogen (secondary N) is 3. The van der Waals surface area contributed by atoms with Gasteiger partial charge in [0.2, 0.25) is 17.7 Å². The van der Waals surface area contributed by atoms with Gasteiger partial charge in [-0.25, -0.2) is 9.97 Å². The monoisotopic (exact) mass is 548 g/mol. The molecule has 1 fully saturated rings. The number of anilines is 1. The quantitative estimate of drug-likeness (QED) is 0.313. The number of nitrogens with zero attached hydrogens (tertiary/aromatic N) is 7. The van der Waals surface area contributed by atoms with Crippen molar-refractivity contribution in [3.63, 3.8) is 0 Å². The molecule has 3 aliphatic rings. The molecule has 1 saturated heterocycles. The Labute approximate surface area is 231 Å². The highest BCUT2D eigenvalue weighted by molar-refractivity contribution is 5.85. The SMILES string of the molecule is Cl.O=C(Cn1cc(-c2cnc(NC3Cc4ccccc4C3)nc2)c(OC2CNC2)n1)N1CCc2[nH]nnc2C1. The number of fused-ring (bicyclic) bond motifs is 2. The lowest BCUT2D eigenvalue weighted by atomic mass is 10.1. The first-order valence-corrected chi connectivity index (χ1v) is 12.9. The van der Waals surface area contributed by atoms with Crippen molar-refractivity contribution in [1.29, 1.82) is 0 Å². The van der Waals surface area contributed by atoms with E-state index < -0.39 is 0 Å². The van der Waals surface area contributed by atoms with Crippen LogP contribution in [0, 0.1) is 0 Å². The second-order valence-corrected chi connectivity index (χ2v) is 10.1. The van der Waals surface area contributed by atoms with Gasteiger partial charge in [0.25, 0.3) is 0 Å². The predicted octanol–water partition coefficient (Wildman–Crippen LogP) is 1.39. The third-order valence-electron chi connectivity index (χ3n) is 7.42. The standard InChI is InChI=1S/C26H28N10O2.ClH/c37-24(35-6-5-22-23(14-35)32-34-31-22)15-36-13-21(25(33-36)38-20-11-27-12-20)18-9-28-26(29-10-18)30-19-7-16-3-1-2-4-17(16)8-19;/h1-4,9-10,13,19-20,27H,5-8,11-12,14-15H2,(H,28,29,30)(H,31,32,34);1H. The van der Waals surface area contributed by atoms with E-state index in [0.717, 1.165) is 48.4 Å². The molecule has 39 heavy (non-hydrogen) atoms. The van der Waals surface area contributed by atoms with Gasteiger partial charge in [-0.2, -0.15) is 0 Å². The summed E-state index contributed by atoms with van der Waals surface area (Å²) in [7, 11) is 0. The van der Waals surface area contributed by atoms with Gasteiger partial charge >= 0.3 is 0 Å². The Morgan fingerprint density at radius 3 is 2.62 bits per heavy atom. The summed E-state index contributed by atoms with van der Waals surface area (Å²) in [6.07, 6.45) is 8.09. The first-order chi connectivity index (χ1) is 18.7. The van der Waals surface area contributed by atoms with Crippen molar-refractivity contribution in [2.24, 2.45) is 0 Å². The summed E-state index contributed by atoms with van der Waals surface area (Å²) in [5, 5.41) is 22.1. The lowest BCUT2D eigenvalue weighted by Crippen LogP contribution is -2.50. The summed E-state index contributed by atoms with van der Waals surface area (Å²) in [4.78, 5) is 24.0. The minimum absolute atomic E-state index is 0. The topological polar surface area (TPSA) is 139 Å². The van der Waals surface area contributed by atoms with Gasteiger partial charge in [0, 0.05) is 56.3 Å². The Morgan fingerprint density at radius 1 is 1.13 bits per heavy atom. The number of rotatable bonds is 7. The van der Waals surface area contributed by atoms with Crippen molar-refractivity contribution < 1.29 is 9.53 Å². The Balaban J connectivity index is 0.00000277. The molecule has 13 heteroatoms. The van der Waals surface area contributed by atoms with E-state index in [1.54, 1.807) is 22.0 Å². The smallest absolute Gasteiger partial charge is 0.244 e. The van der Waals surface area contributed by atoms with Gasteiger partial charge in [0.05, 0.1) is 17.8 Å². The van der Waals surface area contributed by atoms with Crippen LogP contribution in [0.3, 0.4) is 0 Å². The van der Waals surface area contributed by atoms with E-state index in [1.807, 2.05) is 6.20 Å². The summed E-state index contributed by atoms with van der Waals surface area (Å²) in [6, 6.07) is 8.80. The van der Waals surface area contributed by atoms with E-state index in [4.69, 9.17) is 4.74 Å². The van der Waals surface area contributed by atoms with Crippen molar-refractivity contribution >= 4 is 24.3 Å². The second-order valence-electron chi connectivity index (χ2n) is 10.1. The average molecular weight is 549 g/mol. The highest BCUT2D eigenvalue weighted by Gasteiger charge is 2.26. The summed E-state index contributed by atoms with van der Waals surface area (Å²) >= 11 is 0. The molecule has 7 rings (SSSR count). The Hall–Kier alpha value is -4.03. The molecular weight excluding hydrogens is 520 g/mol. The van der Waals surface area contributed by atoms with Crippen molar-refractivity contribution in [3.05, 3.63) is 65.4 Å². The van der Waals surface area contributed by atoms with Gasteiger partial charge in [0.15, 0.2) is 0 Å². The zero-order valence-electron chi connectivity index (χ0n) is 21.2. The zero-order valence-corrected chi connectivity index (χ0v) is 22.0. The number of carbonyl (C=O) groups excluding carboxylic acids is 1. The first-order valence-electron chi connectivity index (χ1n) is 12.9. The third-order valence-corrected chi connectivity index (χ3v) is 7.42. The lowest BCUT2D eigenvalue weighted by molar-refractivity contribution is -0.133. The molecule has 0 radical (unpaired) electrons. The van der Waals surface area contributed by atoms with Crippen LogP contribution < -0.4 is 15.4 Å². The highest BCUT2D eigenvalue weighted by atomic mass is 35.5. The fourth-order valence-corrected chi connectivity index (χ4v) is 5.21. The van der Waals surface area contributed by atoms with Crippen molar-refractivity contribution in [3.8, 4) is 17.0 Å². The molecule has 1 amide bonds. The second kappa shape index (κ2) is 10.6. The van der Waals surface area contributed by atoms with E-state index >= 15 is 0 Å². The van der Waals surface area contributed by atoms with Crippen LogP contribution in [0.1, 0.15) is 22.5 Å². The highest BCUT2D eigenvalue weighted by Crippen LogP contribution is 2.30. The summed E-state index contributed by atoms with van der Waals surface area (Å²) in [5.41, 5.74) is 6.12. The molecule has 5 heterocycles. The molecule has 1 aromatic carbocycles. The number of halogens is 1. The molecule has 202 valence electrons. The minimum atomic E-state index is -0.0297. The number of hydrogen-bond acceptors (Lipinski definition) is 9. The molecule has 0 atom stereocenters. The van der Waals surface area contributed by atoms with Crippen molar-refractivity contribution in [1.82, 2.24) is 45.4 Å². The number of aromatic amines is 1. The van der Waals surface area contributed by atoms with Crippen molar-refractivity contribution in [2.75, 3.05) is 25.0 Å². The Kier molecular flexibility index (Phi) is 6.88. The van der Waals surface area contributed by atoms with Gasteiger partial charge < -0.3 is 20.3 Å². The van der Waals surface area contributed by atoms with E-state index in [9.17, 15) is 4.79 Å². The van der Waals surface area contributed by atoms with Crippen LogP contribution in [0.2, 0.25) is 0 Å². The van der Waals surface area contributed by atoms with Gasteiger partial charge in [-0.15, -0.1) is 22.6 Å². The third kappa shape index (κ3) is 5.17. The number of ether oxygens (including phenoxy) is 1. The number of hydrogen-bond donors (Lipinski definition) is 3. The number of carbonyl (C=O) groups is 1. The molecule has 0 bridgehead atoms. The van der Waals surface area contributed by atoms with Crippen LogP contribution in [0.4, 0.5) is 5.95 Å². The van der Waals surface area contributed by atoms with Crippen LogP contribution in [0.15, 0.2) is 42.9 Å². The molecule has 4 aromatic rings. The summed E-state index contributed by atoms with van der Waals surface area (Å²) in [5.74, 6) is 1.05. The van der Waals surface area contributed by atoms with Gasteiger partial charge in [-0.05, 0) is 24.0 Å². The van der Waals surface area contributed by atoms with Gasteiger partial charge in [-0.3, -0.25) is 14.6 Å². The fraction of sp³-hybridized carbons (Fsp3) is 0.385. The molecule has 3 N–H and O–H groups in total. The summed E-state index contributed by atoms with van der Waals surface area (Å²) < 4.78 is 7.78. The molecule has 0 saturated carbocycles. The first kappa shape index (κ1) is 25.3. The molecule has 3 aromatic heterocycles. The molecule has 12 nitrogen and oxygen atoms in total. The van der Waals surface area contributed by atoms with E-state index in [0.29, 0.717) is 31.3 Å². The van der Waals surface area contributed by atoms with E-state index in [2.05, 4.69) is 65.4 Å². The van der Waals surface area contributed by atoms with Crippen LogP contribution in [0.5, 0.6) is 5.88 Å². The van der Waals surface area contributed by atoms with Gasteiger partial charge in [0.1, 0.15) is 18.3 Å². The normalized spacial score (nSPS) is 16.7. The maximum atomic E-state index is 13.1. The van der Waals surface area contributed by atoms with Gasteiger partial charge in [-0.1, -0.05) is 29.5 Å². The maximum absolute atomic E-state index is 13.1. The number of H-pyrrole nitrogens is 1. The number of amides is 1. The van der Waals surface area contributed by atoms with E-state index in [-0.39, 0.29) is 37.0 Å². The molecular formula is C26H29ClN10O2. The van der Waals surface area contributed by atoms with Crippen LogP contribution >= 0.6 is 12.4 Å². The minimum Gasteiger partial charge on any atom is -0.470 e. The molecule has 2 aliphatic heterocycles. The summed E-state index contributed by atoms with van der Waals surface area (Å²) in [6.45, 7) is 2.71. The predicted molar refractivity (Wildman–Crippen MR) is 145 cm³/mol. The number of benzene rings is 1. The fourth-order valence-electron chi connectivity index (χ4n) is 5.21. The van der Waals surface area contributed by atoms with E-state index in [1.165, 1.54) is 11.1 Å². The average Bonchev–Trinajstić information content (AvgIpc) is 3.64. The molecule has 1 aliphatic carbocycles. The van der Waals surface area contributed by atoms with Crippen molar-refractivity contribution in [2.45, 2.75) is 44.5 Å². The number of aromatic nitrogens is 7. The largest absolute Gasteiger partial charge is 0.470 e. The Bertz CT molecular complexity index is 1440. The molecule has 0 unspecified atom stereocenters. The maximum Gasteiger partial charge on any atom is 0.244 e. The van der Waals surface area contributed by atoms with Crippen LogP contribution in [0.25, 0.3) is 11.1 Å². The Morgan fingerprint density at radius 2 is 1.90 bits per heavy atom. The van der Waals surface area contributed by atoms with Crippen LogP contribution in [-0.4, -0.2) is 77.7 Å². The lowest BCUT2D eigenvalue weighted by Gasteiger charge is -2.27.